The molecule has 1 heterocycles. The van der Waals surface area contributed by atoms with Crippen molar-refractivity contribution in [3.05, 3.63) is 47.0 Å². The number of anilines is 1. The number of aromatic carboxylic acids is 1. The normalized spacial score (nSPS) is 15.4. The SMILES string of the molecule is CS(=O)(=O)c1ccc(/C(=C\CC2CCCC2)C(=O)Nc2ncc(C(=O)O)s2)cc1. The molecule has 1 aliphatic carbocycles. The summed E-state index contributed by atoms with van der Waals surface area (Å²) in [5, 5.41) is 11.9. The van der Waals surface area contributed by atoms with E-state index < -0.39 is 21.7 Å². The highest BCUT2D eigenvalue weighted by atomic mass is 32.2. The van der Waals surface area contributed by atoms with Crippen molar-refractivity contribution in [3.63, 3.8) is 0 Å². The lowest BCUT2D eigenvalue weighted by Gasteiger charge is -2.11. The van der Waals surface area contributed by atoms with Crippen LogP contribution in [0.3, 0.4) is 0 Å². The number of hydrogen-bond acceptors (Lipinski definition) is 6. The van der Waals surface area contributed by atoms with Crippen LogP contribution in [0.2, 0.25) is 0 Å². The van der Waals surface area contributed by atoms with Crippen molar-refractivity contribution in [1.29, 1.82) is 0 Å². The van der Waals surface area contributed by atoms with Gasteiger partial charge in [-0.25, -0.2) is 18.2 Å². The van der Waals surface area contributed by atoms with E-state index in [0.29, 0.717) is 17.1 Å². The van der Waals surface area contributed by atoms with Gasteiger partial charge in [0.1, 0.15) is 4.88 Å². The smallest absolute Gasteiger partial charge is 0.347 e. The number of thiazole rings is 1. The highest BCUT2D eigenvalue weighted by Gasteiger charge is 2.19. The molecule has 1 amide bonds. The third-order valence-corrected chi connectivity index (χ3v) is 6.93. The van der Waals surface area contributed by atoms with Gasteiger partial charge in [-0.3, -0.25) is 10.1 Å². The zero-order valence-corrected chi connectivity index (χ0v) is 17.6. The number of nitrogens with zero attached hydrogens (tertiary/aromatic N) is 1. The van der Waals surface area contributed by atoms with Crippen LogP contribution in [0, 0.1) is 5.92 Å². The predicted octanol–water partition coefficient (Wildman–Crippen LogP) is 3.85. The first kappa shape index (κ1) is 21.2. The molecule has 9 heteroatoms. The molecule has 2 aromatic rings. The number of carbonyl (C=O) groups is 2. The van der Waals surface area contributed by atoms with Gasteiger partial charge in [0.05, 0.1) is 11.1 Å². The second-order valence-corrected chi connectivity index (χ2v) is 10.1. The highest BCUT2D eigenvalue weighted by molar-refractivity contribution is 7.90. The molecule has 3 rings (SSSR count). The lowest BCUT2D eigenvalue weighted by molar-refractivity contribution is -0.111. The summed E-state index contributed by atoms with van der Waals surface area (Å²) >= 11 is 0.882. The molecular formula is C20H22N2O5S2. The Kier molecular flexibility index (Phi) is 6.49. The fourth-order valence-corrected chi connectivity index (χ4v) is 4.63. The third-order valence-electron chi connectivity index (χ3n) is 4.91. The average molecular weight is 435 g/mol. The minimum Gasteiger partial charge on any atom is -0.477 e. The fraction of sp³-hybridized carbons (Fsp3) is 0.350. The number of carboxylic acids is 1. The van der Waals surface area contributed by atoms with Crippen LogP contribution in [-0.4, -0.2) is 36.6 Å². The van der Waals surface area contributed by atoms with Crippen LogP contribution in [0.1, 0.15) is 47.3 Å². The number of aromatic nitrogens is 1. The molecule has 1 aromatic heterocycles. The zero-order valence-electron chi connectivity index (χ0n) is 15.9. The molecule has 154 valence electrons. The molecule has 0 spiro atoms. The fourth-order valence-electron chi connectivity index (χ4n) is 3.35. The van der Waals surface area contributed by atoms with E-state index in [2.05, 4.69) is 10.3 Å². The van der Waals surface area contributed by atoms with Crippen LogP contribution in [0.25, 0.3) is 5.57 Å². The monoisotopic (exact) mass is 434 g/mol. The number of allylic oxidation sites excluding steroid dienone is 1. The Bertz CT molecular complexity index is 1030. The van der Waals surface area contributed by atoms with Crippen molar-refractivity contribution >= 4 is 43.8 Å². The number of sulfone groups is 1. The lowest BCUT2D eigenvalue weighted by atomic mass is 9.98. The minimum absolute atomic E-state index is 0.0364. The summed E-state index contributed by atoms with van der Waals surface area (Å²) in [5.41, 5.74) is 1.02. The quantitative estimate of drug-likeness (QED) is 0.640. The molecule has 1 saturated carbocycles. The summed E-state index contributed by atoms with van der Waals surface area (Å²) < 4.78 is 23.4. The maximum Gasteiger partial charge on any atom is 0.347 e. The number of amides is 1. The molecule has 29 heavy (non-hydrogen) atoms. The zero-order chi connectivity index (χ0) is 21.0. The van der Waals surface area contributed by atoms with Crippen LogP contribution >= 0.6 is 11.3 Å². The van der Waals surface area contributed by atoms with Crippen LogP contribution in [-0.2, 0) is 14.6 Å². The van der Waals surface area contributed by atoms with E-state index in [9.17, 15) is 18.0 Å². The van der Waals surface area contributed by atoms with Crippen molar-refractivity contribution < 1.29 is 23.1 Å². The van der Waals surface area contributed by atoms with E-state index in [1.165, 1.54) is 31.2 Å². The standard InChI is InChI=1S/C20H22N2O5S2/c1-29(26,27)15-9-7-14(8-10-15)16(11-6-13-4-2-3-5-13)18(23)22-20-21-12-17(28-20)19(24)25/h7-13H,2-6H2,1H3,(H,24,25)(H,21,22,23)/b16-11+. The topological polar surface area (TPSA) is 113 Å². The second-order valence-electron chi connectivity index (χ2n) is 7.09. The number of benzene rings is 1. The summed E-state index contributed by atoms with van der Waals surface area (Å²) in [6.07, 6.45) is 9.63. The van der Waals surface area contributed by atoms with Gasteiger partial charge in [0.15, 0.2) is 15.0 Å². The number of carbonyl (C=O) groups excluding carboxylic acids is 1. The van der Waals surface area contributed by atoms with Crippen LogP contribution in [0.5, 0.6) is 0 Å². The molecular weight excluding hydrogens is 412 g/mol. The van der Waals surface area contributed by atoms with E-state index in [0.717, 1.165) is 36.9 Å². The molecule has 0 aliphatic heterocycles. The molecule has 7 nitrogen and oxygen atoms in total. The van der Waals surface area contributed by atoms with Crippen LogP contribution in [0.15, 0.2) is 41.4 Å². The Morgan fingerprint density at radius 2 is 1.90 bits per heavy atom. The van der Waals surface area contributed by atoms with Gasteiger partial charge in [0, 0.05) is 11.8 Å². The first-order valence-electron chi connectivity index (χ1n) is 9.25. The highest BCUT2D eigenvalue weighted by Crippen LogP contribution is 2.30. The molecule has 0 bridgehead atoms. The van der Waals surface area contributed by atoms with Gasteiger partial charge in [0.25, 0.3) is 5.91 Å². The van der Waals surface area contributed by atoms with E-state index >= 15 is 0 Å². The summed E-state index contributed by atoms with van der Waals surface area (Å²) in [7, 11) is -3.33. The Balaban J connectivity index is 1.86. The van der Waals surface area contributed by atoms with E-state index in [1.807, 2.05) is 6.08 Å². The van der Waals surface area contributed by atoms with Gasteiger partial charge in [-0.1, -0.05) is 55.2 Å². The number of rotatable bonds is 7. The van der Waals surface area contributed by atoms with Gasteiger partial charge in [-0.2, -0.15) is 0 Å². The second kappa shape index (κ2) is 8.87. The molecule has 1 aliphatic rings. The molecule has 1 fully saturated rings. The number of carboxylic acid groups (broad SMARTS) is 1. The molecule has 0 atom stereocenters. The molecule has 0 unspecified atom stereocenters. The van der Waals surface area contributed by atoms with Gasteiger partial charge in [-0.05, 0) is 30.0 Å². The summed E-state index contributed by atoms with van der Waals surface area (Å²) in [6, 6.07) is 6.18. The van der Waals surface area contributed by atoms with Crippen molar-refractivity contribution in [1.82, 2.24) is 4.98 Å². The molecule has 1 aromatic carbocycles. The van der Waals surface area contributed by atoms with E-state index in [1.54, 1.807) is 12.1 Å². The van der Waals surface area contributed by atoms with Gasteiger partial charge in [0.2, 0.25) is 0 Å². The summed E-state index contributed by atoms with van der Waals surface area (Å²) in [6.45, 7) is 0. The third kappa shape index (κ3) is 5.51. The van der Waals surface area contributed by atoms with Gasteiger partial charge < -0.3 is 5.11 Å². The van der Waals surface area contributed by atoms with Gasteiger partial charge in [-0.15, -0.1) is 0 Å². The Labute approximate surface area is 173 Å². The Morgan fingerprint density at radius 1 is 1.24 bits per heavy atom. The predicted molar refractivity (Wildman–Crippen MR) is 112 cm³/mol. The Hall–Kier alpha value is -2.52. The van der Waals surface area contributed by atoms with Crippen molar-refractivity contribution in [2.75, 3.05) is 11.6 Å². The van der Waals surface area contributed by atoms with Crippen LogP contribution < -0.4 is 5.32 Å². The maximum atomic E-state index is 12.9. The minimum atomic E-state index is -3.33. The van der Waals surface area contributed by atoms with Crippen molar-refractivity contribution in [3.8, 4) is 0 Å². The van der Waals surface area contributed by atoms with Gasteiger partial charge >= 0.3 is 5.97 Å². The lowest BCUT2D eigenvalue weighted by Crippen LogP contribution is -2.14. The Morgan fingerprint density at radius 3 is 2.45 bits per heavy atom. The van der Waals surface area contributed by atoms with E-state index in [-0.39, 0.29) is 14.9 Å². The summed E-state index contributed by atoms with van der Waals surface area (Å²) in [5.74, 6) is -0.968. The number of nitrogens with one attached hydrogen (secondary N) is 1. The van der Waals surface area contributed by atoms with Crippen molar-refractivity contribution in [2.24, 2.45) is 5.92 Å². The number of hydrogen-bond donors (Lipinski definition) is 2. The maximum absolute atomic E-state index is 12.9. The molecule has 0 radical (unpaired) electrons. The van der Waals surface area contributed by atoms with Crippen molar-refractivity contribution in [2.45, 2.75) is 37.0 Å². The first-order valence-corrected chi connectivity index (χ1v) is 12.0. The molecule has 0 saturated heterocycles. The largest absolute Gasteiger partial charge is 0.477 e. The average Bonchev–Trinajstić information content (AvgIpc) is 3.33. The molecule has 2 N–H and O–H groups in total. The van der Waals surface area contributed by atoms with E-state index in [4.69, 9.17) is 5.11 Å². The van der Waals surface area contributed by atoms with Crippen LogP contribution in [0.4, 0.5) is 5.13 Å². The summed E-state index contributed by atoms with van der Waals surface area (Å²) in [4.78, 5) is 28.1. The first-order chi connectivity index (χ1) is 13.7.